The third-order valence-electron chi connectivity index (χ3n) is 2.70. The Morgan fingerprint density at radius 2 is 1.73 bits per heavy atom. The topological polar surface area (TPSA) is 74.0 Å². The van der Waals surface area contributed by atoms with Crippen LogP contribution in [0.5, 0.6) is 0 Å². The summed E-state index contributed by atoms with van der Waals surface area (Å²) in [5.74, 6) is -0.786. The summed E-state index contributed by atoms with van der Waals surface area (Å²) in [6, 6.07) is 15.7. The normalized spacial score (nSPS) is 12.1. The van der Waals surface area contributed by atoms with E-state index in [2.05, 4.69) is 15.5 Å². The maximum Gasteiger partial charge on any atom is 0.279 e. The molecule has 0 atom stereocenters. The van der Waals surface area contributed by atoms with Crippen molar-refractivity contribution in [3.63, 3.8) is 0 Å². The Hall–Kier alpha value is -2.66. The first kappa shape index (κ1) is 15.7. The van der Waals surface area contributed by atoms with Gasteiger partial charge in [-0.1, -0.05) is 41.9 Å². The second kappa shape index (κ2) is 7.38. The first-order chi connectivity index (χ1) is 10.6. The zero-order chi connectivity index (χ0) is 15.9. The molecule has 0 bridgehead atoms. The molecular weight excluding hydrogens is 302 g/mol. The molecule has 0 fully saturated rings. The number of benzene rings is 2. The van der Waals surface area contributed by atoms with Crippen LogP contribution in [-0.4, -0.2) is 11.0 Å². The monoisotopic (exact) mass is 315 g/mol. The van der Waals surface area contributed by atoms with E-state index in [1.807, 2.05) is 6.07 Å². The number of carbonyl (C=O) groups is 1. The lowest BCUT2D eigenvalue weighted by Gasteiger charge is -2.05. The third-order valence-corrected chi connectivity index (χ3v) is 3.02. The number of allylic oxidation sites excluding steroid dienone is 1. The number of nitrogens with zero attached hydrogens (tertiary/aromatic N) is 2. The van der Waals surface area contributed by atoms with Crippen LogP contribution in [0.3, 0.4) is 0 Å². The second-order valence-corrected chi connectivity index (χ2v) is 4.81. The van der Waals surface area contributed by atoms with Gasteiger partial charge in [-0.15, -0.1) is 10.2 Å². The Labute approximate surface area is 133 Å². The van der Waals surface area contributed by atoms with Crippen molar-refractivity contribution >= 4 is 28.9 Å². The smallest absolute Gasteiger partial charge is 0.279 e. The maximum absolute atomic E-state index is 12.1. The van der Waals surface area contributed by atoms with Crippen LogP contribution in [-0.2, 0) is 4.79 Å². The molecule has 0 radical (unpaired) electrons. The minimum Gasteiger partial charge on any atom is -0.510 e. The Balaban J connectivity index is 2.19. The van der Waals surface area contributed by atoms with Crippen molar-refractivity contribution in [1.82, 2.24) is 0 Å². The molecule has 2 aromatic carbocycles. The Bertz CT molecular complexity index is 723. The van der Waals surface area contributed by atoms with Crippen molar-refractivity contribution in [3.8, 4) is 0 Å². The average molecular weight is 316 g/mol. The Morgan fingerprint density at radius 1 is 1.09 bits per heavy atom. The van der Waals surface area contributed by atoms with Gasteiger partial charge in [0, 0.05) is 5.69 Å². The minimum absolute atomic E-state index is 0.177. The molecule has 0 heterocycles. The number of rotatable bonds is 4. The summed E-state index contributed by atoms with van der Waals surface area (Å²) in [7, 11) is 0. The van der Waals surface area contributed by atoms with Crippen LogP contribution in [0, 0.1) is 0 Å². The minimum atomic E-state index is -0.554. The Morgan fingerprint density at radius 3 is 2.36 bits per heavy atom. The summed E-state index contributed by atoms with van der Waals surface area (Å²) in [6.07, 6.45) is 0. The summed E-state index contributed by atoms with van der Waals surface area (Å²) in [4.78, 5) is 12.1. The molecule has 0 aromatic heterocycles. The predicted molar refractivity (Wildman–Crippen MR) is 86.4 cm³/mol. The molecule has 22 heavy (non-hydrogen) atoms. The molecule has 2 rings (SSSR count). The van der Waals surface area contributed by atoms with E-state index in [0.29, 0.717) is 16.4 Å². The molecule has 0 saturated carbocycles. The molecule has 5 nitrogen and oxygen atoms in total. The highest BCUT2D eigenvalue weighted by atomic mass is 35.5. The second-order valence-electron chi connectivity index (χ2n) is 4.41. The zero-order valence-corrected chi connectivity index (χ0v) is 12.6. The van der Waals surface area contributed by atoms with Crippen LogP contribution in [0.1, 0.15) is 6.92 Å². The van der Waals surface area contributed by atoms with Gasteiger partial charge >= 0.3 is 0 Å². The number of hydrogen-bond acceptors (Lipinski definition) is 4. The van der Waals surface area contributed by atoms with Gasteiger partial charge in [-0.05, 0) is 31.2 Å². The molecule has 2 N–H and O–H groups in total. The quantitative estimate of drug-likeness (QED) is 0.480. The number of carbonyl (C=O) groups excluding carboxylic acids is 1. The van der Waals surface area contributed by atoms with Crippen molar-refractivity contribution in [2.75, 3.05) is 5.32 Å². The number of anilines is 1. The highest BCUT2D eigenvalue weighted by Crippen LogP contribution is 2.25. The van der Waals surface area contributed by atoms with Crippen LogP contribution in [0.25, 0.3) is 0 Å². The fourth-order valence-corrected chi connectivity index (χ4v) is 1.80. The van der Waals surface area contributed by atoms with Gasteiger partial charge in [-0.2, -0.15) is 0 Å². The number of nitrogens with one attached hydrogen (secondary N) is 1. The fourth-order valence-electron chi connectivity index (χ4n) is 1.63. The Kier molecular flexibility index (Phi) is 5.27. The van der Waals surface area contributed by atoms with E-state index in [-0.39, 0.29) is 11.5 Å². The third kappa shape index (κ3) is 4.17. The fraction of sp³-hybridized carbons (Fsp3) is 0.0625. The predicted octanol–water partition coefficient (Wildman–Crippen LogP) is 4.85. The number of aliphatic hydroxyl groups excluding tert-OH is 1. The molecule has 0 aliphatic heterocycles. The van der Waals surface area contributed by atoms with E-state index < -0.39 is 5.91 Å². The molecule has 0 aliphatic carbocycles. The van der Waals surface area contributed by atoms with Gasteiger partial charge < -0.3 is 10.4 Å². The lowest BCUT2D eigenvalue weighted by Crippen LogP contribution is -2.14. The SMILES string of the molecule is C/C(O)=C(/N=Nc1ccccc1Cl)C(=O)Nc1ccccc1. The van der Waals surface area contributed by atoms with Gasteiger partial charge in [0.15, 0.2) is 5.70 Å². The largest absolute Gasteiger partial charge is 0.510 e. The van der Waals surface area contributed by atoms with Gasteiger partial charge in [0.05, 0.1) is 5.02 Å². The van der Waals surface area contributed by atoms with Gasteiger partial charge in [0.25, 0.3) is 5.91 Å². The van der Waals surface area contributed by atoms with Crippen molar-refractivity contribution in [1.29, 1.82) is 0 Å². The van der Waals surface area contributed by atoms with Crippen molar-refractivity contribution in [2.45, 2.75) is 6.92 Å². The lowest BCUT2D eigenvalue weighted by atomic mass is 10.3. The van der Waals surface area contributed by atoms with Crippen molar-refractivity contribution in [3.05, 3.63) is 71.1 Å². The van der Waals surface area contributed by atoms with E-state index in [0.717, 1.165) is 0 Å². The maximum atomic E-state index is 12.1. The zero-order valence-electron chi connectivity index (χ0n) is 11.8. The highest BCUT2D eigenvalue weighted by molar-refractivity contribution is 6.32. The molecule has 1 amide bonds. The van der Waals surface area contributed by atoms with Crippen LogP contribution >= 0.6 is 11.6 Å². The number of aliphatic hydroxyl groups is 1. The summed E-state index contributed by atoms with van der Waals surface area (Å²) in [5, 5.41) is 20.4. The van der Waals surface area contributed by atoms with Crippen LogP contribution < -0.4 is 5.32 Å². The lowest BCUT2D eigenvalue weighted by molar-refractivity contribution is -0.113. The number of azo groups is 1. The molecule has 0 unspecified atom stereocenters. The van der Waals surface area contributed by atoms with Gasteiger partial charge in [-0.3, -0.25) is 4.79 Å². The standard InChI is InChI=1S/C16H14ClN3O2/c1-11(21)15(16(22)18-12-7-3-2-4-8-12)20-19-14-10-6-5-9-13(14)17/h2-10,21H,1H3,(H,18,22)/b15-11-,20-19?. The number of para-hydroxylation sites is 1. The summed E-state index contributed by atoms with van der Waals surface area (Å²) in [5.41, 5.74) is 0.832. The van der Waals surface area contributed by atoms with Gasteiger partial charge in [-0.25, -0.2) is 0 Å². The van der Waals surface area contributed by atoms with Gasteiger partial charge in [0.1, 0.15) is 11.4 Å². The van der Waals surface area contributed by atoms with E-state index in [1.54, 1.807) is 48.5 Å². The van der Waals surface area contributed by atoms with Crippen LogP contribution in [0.4, 0.5) is 11.4 Å². The summed E-state index contributed by atoms with van der Waals surface area (Å²) >= 11 is 5.96. The van der Waals surface area contributed by atoms with E-state index in [4.69, 9.17) is 11.6 Å². The molecule has 6 heteroatoms. The summed E-state index contributed by atoms with van der Waals surface area (Å²) < 4.78 is 0. The van der Waals surface area contributed by atoms with Crippen molar-refractivity contribution in [2.24, 2.45) is 10.2 Å². The molecule has 2 aromatic rings. The molecule has 112 valence electrons. The first-order valence-corrected chi connectivity index (χ1v) is 6.88. The molecular formula is C16H14ClN3O2. The van der Waals surface area contributed by atoms with E-state index >= 15 is 0 Å². The van der Waals surface area contributed by atoms with Crippen molar-refractivity contribution < 1.29 is 9.90 Å². The van der Waals surface area contributed by atoms with E-state index in [9.17, 15) is 9.90 Å². The summed E-state index contributed by atoms with van der Waals surface area (Å²) in [6.45, 7) is 1.37. The number of hydrogen-bond donors (Lipinski definition) is 2. The number of amides is 1. The highest BCUT2D eigenvalue weighted by Gasteiger charge is 2.13. The molecule has 0 aliphatic rings. The van der Waals surface area contributed by atoms with Gasteiger partial charge in [0.2, 0.25) is 0 Å². The van der Waals surface area contributed by atoms with Crippen LogP contribution in [0.2, 0.25) is 5.02 Å². The average Bonchev–Trinajstić information content (AvgIpc) is 2.50. The molecule has 0 spiro atoms. The molecule has 0 saturated heterocycles. The van der Waals surface area contributed by atoms with Crippen LogP contribution in [0.15, 0.2) is 76.3 Å². The number of halogens is 1. The van der Waals surface area contributed by atoms with E-state index in [1.165, 1.54) is 6.92 Å². The first-order valence-electron chi connectivity index (χ1n) is 6.50.